The topological polar surface area (TPSA) is 49.9 Å². The van der Waals surface area contributed by atoms with Crippen molar-refractivity contribution in [2.24, 2.45) is 5.92 Å². The minimum absolute atomic E-state index is 0.0314. The molecule has 2 atom stereocenters. The molecule has 2 aromatic carbocycles. The Labute approximate surface area is 171 Å². The van der Waals surface area contributed by atoms with E-state index in [1.54, 1.807) is 31.1 Å². The highest BCUT2D eigenvalue weighted by molar-refractivity contribution is 5.91. The summed E-state index contributed by atoms with van der Waals surface area (Å²) in [6, 6.07) is 13.9. The van der Waals surface area contributed by atoms with E-state index in [4.69, 9.17) is 4.74 Å². The van der Waals surface area contributed by atoms with Gasteiger partial charge in [0, 0.05) is 27.2 Å². The monoisotopic (exact) mass is 398 g/mol. The predicted octanol–water partition coefficient (Wildman–Crippen LogP) is 3.16. The van der Waals surface area contributed by atoms with Crippen LogP contribution in [0.25, 0.3) is 11.1 Å². The van der Waals surface area contributed by atoms with E-state index in [-0.39, 0.29) is 17.6 Å². The lowest BCUT2D eigenvalue weighted by Crippen LogP contribution is -2.46. The summed E-state index contributed by atoms with van der Waals surface area (Å²) >= 11 is 0. The number of ether oxygens (including phenoxy) is 1. The molecule has 2 amide bonds. The van der Waals surface area contributed by atoms with Crippen molar-refractivity contribution in [3.8, 4) is 11.1 Å². The first-order valence-corrected chi connectivity index (χ1v) is 9.82. The molecule has 0 spiro atoms. The van der Waals surface area contributed by atoms with Crippen molar-refractivity contribution in [2.75, 3.05) is 40.4 Å². The van der Waals surface area contributed by atoms with Crippen LogP contribution in [0.2, 0.25) is 0 Å². The van der Waals surface area contributed by atoms with E-state index in [2.05, 4.69) is 0 Å². The van der Waals surface area contributed by atoms with Gasteiger partial charge in [-0.15, -0.1) is 0 Å². The standard InChI is InChI=1S/C23H27FN2O3/c1-16(22(27)26-12-14-29-15-13-26)21(23(28)25(2)3)19-6-4-17(5-7-19)18-8-10-20(24)11-9-18/h4-11,16,21H,12-15H2,1-3H3/t16-,21+/m0/s1. The van der Waals surface area contributed by atoms with Crippen LogP contribution in [0.15, 0.2) is 48.5 Å². The molecule has 0 bridgehead atoms. The Bertz CT molecular complexity index is 843. The first kappa shape index (κ1) is 21.0. The minimum Gasteiger partial charge on any atom is -0.378 e. The fraction of sp³-hybridized carbons (Fsp3) is 0.391. The molecule has 1 aliphatic heterocycles. The third-order valence-corrected chi connectivity index (χ3v) is 5.37. The summed E-state index contributed by atoms with van der Waals surface area (Å²) in [4.78, 5) is 29.3. The molecule has 154 valence electrons. The Hall–Kier alpha value is -2.73. The molecule has 1 saturated heterocycles. The largest absolute Gasteiger partial charge is 0.378 e. The van der Waals surface area contributed by atoms with Gasteiger partial charge in [-0.25, -0.2) is 4.39 Å². The molecule has 1 fully saturated rings. The number of rotatable bonds is 5. The molecule has 2 aromatic rings. The molecule has 29 heavy (non-hydrogen) atoms. The molecule has 0 radical (unpaired) electrons. The summed E-state index contributed by atoms with van der Waals surface area (Å²) in [5, 5.41) is 0. The van der Waals surface area contributed by atoms with Crippen molar-refractivity contribution in [2.45, 2.75) is 12.8 Å². The number of halogens is 1. The molecule has 0 aliphatic carbocycles. The highest BCUT2D eigenvalue weighted by Crippen LogP contribution is 2.30. The zero-order valence-electron chi connectivity index (χ0n) is 17.1. The van der Waals surface area contributed by atoms with E-state index in [1.165, 1.54) is 17.0 Å². The van der Waals surface area contributed by atoms with Gasteiger partial charge in [-0.2, -0.15) is 0 Å². The van der Waals surface area contributed by atoms with Crippen LogP contribution in [-0.4, -0.2) is 62.0 Å². The second-order valence-electron chi connectivity index (χ2n) is 7.57. The molecule has 0 N–H and O–H groups in total. The number of carbonyl (C=O) groups is 2. The van der Waals surface area contributed by atoms with Gasteiger partial charge in [0.15, 0.2) is 0 Å². The Morgan fingerprint density at radius 2 is 1.48 bits per heavy atom. The molecule has 1 heterocycles. The number of benzene rings is 2. The first-order chi connectivity index (χ1) is 13.9. The van der Waals surface area contributed by atoms with Crippen LogP contribution >= 0.6 is 0 Å². The van der Waals surface area contributed by atoms with E-state index in [1.807, 2.05) is 31.2 Å². The average Bonchev–Trinajstić information content (AvgIpc) is 2.75. The van der Waals surface area contributed by atoms with Gasteiger partial charge in [-0.3, -0.25) is 9.59 Å². The highest BCUT2D eigenvalue weighted by Gasteiger charge is 2.35. The van der Waals surface area contributed by atoms with Crippen molar-refractivity contribution < 1.29 is 18.7 Å². The fourth-order valence-electron chi connectivity index (χ4n) is 3.66. The number of hydrogen-bond donors (Lipinski definition) is 0. The molecule has 3 rings (SSSR count). The lowest BCUT2D eigenvalue weighted by atomic mass is 9.84. The van der Waals surface area contributed by atoms with Crippen LogP contribution in [0.5, 0.6) is 0 Å². The number of amides is 2. The molecule has 5 nitrogen and oxygen atoms in total. The fourth-order valence-corrected chi connectivity index (χ4v) is 3.66. The first-order valence-electron chi connectivity index (χ1n) is 9.82. The third kappa shape index (κ3) is 4.82. The van der Waals surface area contributed by atoms with E-state index in [0.29, 0.717) is 26.3 Å². The second-order valence-corrected chi connectivity index (χ2v) is 7.57. The van der Waals surface area contributed by atoms with Crippen LogP contribution in [-0.2, 0) is 14.3 Å². The molecule has 1 aliphatic rings. The normalized spacial score (nSPS) is 16.2. The zero-order chi connectivity index (χ0) is 21.0. The summed E-state index contributed by atoms with van der Waals surface area (Å²) in [6.45, 7) is 3.97. The van der Waals surface area contributed by atoms with Crippen LogP contribution in [0.4, 0.5) is 4.39 Å². The summed E-state index contributed by atoms with van der Waals surface area (Å²) in [5.74, 6) is -1.47. The van der Waals surface area contributed by atoms with E-state index >= 15 is 0 Å². The van der Waals surface area contributed by atoms with Gasteiger partial charge in [0.25, 0.3) is 0 Å². The number of carbonyl (C=O) groups excluding carboxylic acids is 2. The molecule has 0 aromatic heterocycles. The number of likely N-dealkylation sites (N-methyl/N-ethyl adjacent to an activating group) is 1. The maximum atomic E-state index is 13.2. The zero-order valence-corrected chi connectivity index (χ0v) is 17.1. The van der Waals surface area contributed by atoms with Gasteiger partial charge in [0.2, 0.25) is 11.8 Å². The van der Waals surface area contributed by atoms with Crippen LogP contribution in [0.1, 0.15) is 18.4 Å². The molecule has 0 unspecified atom stereocenters. The molecule has 0 saturated carbocycles. The third-order valence-electron chi connectivity index (χ3n) is 5.37. The lowest BCUT2D eigenvalue weighted by molar-refractivity contribution is -0.144. The maximum absolute atomic E-state index is 13.2. The van der Waals surface area contributed by atoms with E-state index in [9.17, 15) is 14.0 Å². The number of hydrogen-bond acceptors (Lipinski definition) is 3. The lowest BCUT2D eigenvalue weighted by Gasteiger charge is -2.33. The van der Waals surface area contributed by atoms with E-state index < -0.39 is 11.8 Å². The van der Waals surface area contributed by atoms with Crippen LogP contribution in [0.3, 0.4) is 0 Å². The van der Waals surface area contributed by atoms with Crippen molar-refractivity contribution >= 4 is 11.8 Å². The SMILES string of the molecule is C[C@H](C(=O)N1CCOCC1)[C@@H](C(=O)N(C)C)c1ccc(-c2ccc(F)cc2)cc1. The summed E-state index contributed by atoms with van der Waals surface area (Å²) < 4.78 is 18.5. The number of nitrogens with zero attached hydrogens (tertiary/aromatic N) is 2. The Kier molecular flexibility index (Phi) is 6.64. The van der Waals surface area contributed by atoms with E-state index in [0.717, 1.165) is 16.7 Å². The molecule has 6 heteroatoms. The Morgan fingerprint density at radius 1 is 0.966 bits per heavy atom. The van der Waals surface area contributed by atoms with Gasteiger partial charge in [0.05, 0.1) is 25.0 Å². The minimum atomic E-state index is -0.567. The van der Waals surface area contributed by atoms with Crippen LogP contribution in [0, 0.1) is 11.7 Å². The Balaban J connectivity index is 1.87. The van der Waals surface area contributed by atoms with Crippen molar-refractivity contribution in [1.82, 2.24) is 9.80 Å². The van der Waals surface area contributed by atoms with Gasteiger partial charge in [-0.05, 0) is 28.8 Å². The quantitative estimate of drug-likeness (QED) is 0.777. The summed E-state index contributed by atoms with van der Waals surface area (Å²) in [5.41, 5.74) is 2.62. The van der Waals surface area contributed by atoms with Crippen molar-refractivity contribution in [1.29, 1.82) is 0 Å². The van der Waals surface area contributed by atoms with Crippen LogP contribution < -0.4 is 0 Å². The smallest absolute Gasteiger partial charge is 0.230 e. The predicted molar refractivity (Wildman–Crippen MR) is 110 cm³/mol. The number of morpholine rings is 1. The second kappa shape index (κ2) is 9.18. The highest BCUT2D eigenvalue weighted by atomic mass is 19.1. The summed E-state index contributed by atoms with van der Waals surface area (Å²) in [6.07, 6.45) is 0. The van der Waals surface area contributed by atoms with Gasteiger partial charge in [0.1, 0.15) is 5.82 Å². The van der Waals surface area contributed by atoms with Gasteiger partial charge < -0.3 is 14.5 Å². The maximum Gasteiger partial charge on any atom is 0.230 e. The van der Waals surface area contributed by atoms with Crippen molar-refractivity contribution in [3.05, 3.63) is 59.9 Å². The summed E-state index contributed by atoms with van der Waals surface area (Å²) in [7, 11) is 3.41. The molecular weight excluding hydrogens is 371 g/mol. The Morgan fingerprint density at radius 3 is 2.00 bits per heavy atom. The van der Waals surface area contributed by atoms with Crippen molar-refractivity contribution in [3.63, 3.8) is 0 Å². The van der Waals surface area contributed by atoms with Gasteiger partial charge >= 0.3 is 0 Å². The molecular formula is C23H27FN2O3. The van der Waals surface area contributed by atoms with Gasteiger partial charge in [-0.1, -0.05) is 43.3 Å². The average molecular weight is 398 g/mol.